The number of carbonyl (C=O) groups excluding carboxylic acids is 4. The molecule has 5 rings (SSSR count). The van der Waals surface area contributed by atoms with Gasteiger partial charge in [-0.25, -0.2) is 4.98 Å². The minimum atomic E-state index is -0.604. The molecule has 2 aliphatic rings. The van der Waals surface area contributed by atoms with Gasteiger partial charge in [0.15, 0.2) is 0 Å². The lowest BCUT2D eigenvalue weighted by atomic mass is 9.84. The summed E-state index contributed by atoms with van der Waals surface area (Å²) in [6.45, 7) is 0.792. The van der Waals surface area contributed by atoms with Crippen molar-refractivity contribution in [1.82, 2.24) is 14.8 Å². The fourth-order valence-electron chi connectivity index (χ4n) is 5.32. The zero-order valence-corrected chi connectivity index (χ0v) is 22.6. The van der Waals surface area contributed by atoms with Gasteiger partial charge in [-0.1, -0.05) is 11.6 Å². The number of nitrogens with zero attached hydrogens (tertiary/aromatic N) is 3. The van der Waals surface area contributed by atoms with Gasteiger partial charge in [-0.15, -0.1) is 0 Å². The van der Waals surface area contributed by atoms with Gasteiger partial charge in [0.05, 0.1) is 5.02 Å². The third kappa shape index (κ3) is 5.61. The molecule has 3 heterocycles. The summed E-state index contributed by atoms with van der Waals surface area (Å²) < 4.78 is 5.92. The summed E-state index contributed by atoms with van der Waals surface area (Å²) >= 11 is 5.90. The molecule has 0 atom stereocenters. The van der Waals surface area contributed by atoms with Gasteiger partial charge in [-0.2, -0.15) is 0 Å². The van der Waals surface area contributed by atoms with Gasteiger partial charge in [0, 0.05) is 56.2 Å². The lowest BCUT2D eigenvalue weighted by Crippen LogP contribution is -2.40. The molecule has 0 radical (unpaired) electrons. The third-order valence-corrected chi connectivity index (χ3v) is 7.61. The first-order valence-electron chi connectivity index (χ1n) is 13.0. The molecule has 3 aromatic rings. The standard InChI is InChI=1S/C28H30ClN5O5/c1-33(2)28(38)17-7-11-20-21(14-17)39-25(27(37)31-22-12-8-18(29)15-30-22)24(20)32-26(36)16-5-9-19(10-6-16)34-13-3-4-23(34)35/h7-8,11-12,14-16,19H,3-6,9-10,13H2,1-2H3,(H,32,36)(H,30,31,37)/t16-,19-. The van der Waals surface area contributed by atoms with E-state index < -0.39 is 5.91 Å². The number of anilines is 2. The van der Waals surface area contributed by atoms with E-state index in [1.54, 1.807) is 44.4 Å². The largest absolute Gasteiger partial charge is 0.449 e. The SMILES string of the molecule is CN(C)C(=O)c1ccc2c(NC(=O)[C@H]3CC[C@H](N4CCCC4=O)CC3)c(C(=O)Nc3ccc(Cl)cn3)oc2c1. The van der Waals surface area contributed by atoms with Gasteiger partial charge in [-0.05, 0) is 62.4 Å². The van der Waals surface area contributed by atoms with E-state index in [0.717, 1.165) is 25.8 Å². The van der Waals surface area contributed by atoms with Crippen molar-refractivity contribution in [3.8, 4) is 0 Å². The van der Waals surface area contributed by atoms with E-state index in [9.17, 15) is 19.2 Å². The van der Waals surface area contributed by atoms with E-state index in [2.05, 4.69) is 15.6 Å². The molecule has 2 aromatic heterocycles. The van der Waals surface area contributed by atoms with Crippen molar-refractivity contribution >= 4 is 57.7 Å². The summed E-state index contributed by atoms with van der Waals surface area (Å²) in [7, 11) is 3.29. The van der Waals surface area contributed by atoms with Crippen LogP contribution in [0.4, 0.5) is 11.5 Å². The van der Waals surface area contributed by atoms with Crippen LogP contribution in [0.1, 0.15) is 59.4 Å². The number of halogens is 1. The lowest BCUT2D eigenvalue weighted by molar-refractivity contribution is -0.130. The second-order valence-corrected chi connectivity index (χ2v) is 10.7. The van der Waals surface area contributed by atoms with Crippen LogP contribution in [-0.2, 0) is 9.59 Å². The van der Waals surface area contributed by atoms with Gasteiger partial charge in [0.1, 0.15) is 17.1 Å². The van der Waals surface area contributed by atoms with E-state index in [1.807, 2.05) is 4.90 Å². The normalized spacial score (nSPS) is 19.3. The Morgan fingerprint density at radius 1 is 1.08 bits per heavy atom. The maximum absolute atomic E-state index is 13.4. The van der Waals surface area contributed by atoms with E-state index in [4.69, 9.17) is 16.0 Å². The number of hydrogen-bond donors (Lipinski definition) is 2. The maximum Gasteiger partial charge on any atom is 0.294 e. The number of furan rings is 1. The Morgan fingerprint density at radius 3 is 2.49 bits per heavy atom. The van der Waals surface area contributed by atoms with E-state index in [-0.39, 0.29) is 46.9 Å². The maximum atomic E-state index is 13.4. The average molecular weight is 552 g/mol. The molecule has 1 aliphatic heterocycles. The smallest absolute Gasteiger partial charge is 0.294 e. The quantitative estimate of drug-likeness (QED) is 0.463. The highest BCUT2D eigenvalue weighted by Gasteiger charge is 2.34. The van der Waals surface area contributed by atoms with Gasteiger partial charge in [-0.3, -0.25) is 19.2 Å². The van der Waals surface area contributed by atoms with Crippen LogP contribution in [-0.4, -0.2) is 65.1 Å². The monoisotopic (exact) mass is 551 g/mol. The molecule has 0 unspecified atom stereocenters. The number of carbonyl (C=O) groups is 4. The Morgan fingerprint density at radius 2 is 1.85 bits per heavy atom. The highest BCUT2D eigenvalue weighted by atomic mass is 35.5. The molecule has 1 aliphatic carbocycles. The number of pyridine rings is 1. The van der Waals surface area contributed by atoms with Crippen LogP contribution in [0.25, 0.3) is 11.0 Å². The molecule has 0 spiro atoms. The van der Waals surface area contributed by atoms with Gasteiger partial charge in [0.25, 0.3) is 11.8 Å². The summed E-state index contributed by atoms with van der Waals surface area (Å²) in [5.74, 6) is -0.924. The lowest BCUT2D eigenvalue weighted by Gasteiger charge is -2.34. The molecule has 1 saturated carbocycles. The van der Waals surface area contributed by atoms with Crippen LogP contribution in [0.15, 0.2) is 40.9 Å². The van der Waals surface area contributed by atoms with Crippen molar-refractivity contribution in [2.75, 3.05) is 31.3 Å². The van der Waals surface area contributed by atoms with Gasteiger partial charge < -0.3 is 24.9 Å². The second-order valence-electron chi connectivity index (χ2n) is 10.2. The topological polar surface area (TPSA) is 125 Å². The Hall–Kier alpha value is -3.92. The number of rotatable bonds is 6. The number of hydrogen-bond acceptors (Lipinski definition) is 6. The third-order valence-electron chi connectivity index (χ3n) is 7.38. The predicted octanol–water partition coefficient (Wildman–Crippen LogP) is 4.56. The van der Waals surface area contributed by atoms with Crippen LogP contribution in [0.5, 0.6) is 0 Å². The van der Waals surface area contributed by atoms with Crippen LogP contribution in [0.3, 0.4) is 0 Å². The molecule has 2 fully saturated rings. The molecule has 2 N–H and O–H groups in total. The molecule has 39 heavy (non-hydrogen) atoms. The summed E-state index contributed by atoms with van der Waals surface area (Å²) in [6, 6.07) is 8.19. The van der Waals surface area contributed by atoms with Crippen molar-refractivity contribution in [3.05, 3.63) is 52.9 Å². The second kappa shape index (κ2) is 11.1. The summed E-state index contributed by atoms with van der Waals surface area (Å²) in [5, 5.41) is 6.53. The van der Waals surface area contributed by atoms with Crippen LogP contribution in [0.2, 0.25) is 5.02 Å². The molecule has 4 amide bonds. The molecule has 0 bridgehead atoms. The van der Waals surface area contributed by atoms with Crippen molar-refractivity contribution in [2.24, 2.45) is 5.92 Å². The molecular formula is C28H30ClN5O5. The highest BCUT2D eigenvalue weighted by Crippen LogP contribution is 2.35. The molecule has 1 aromatic carbocycles. The fraction of sp³-hybridized carbons (Fsp3) is 0.393. The van der Waals surface area contributed by atoms with Gasteiger partial charge >= 0.3 is 0 Å². The minimum absolute atomic E-state index is 0.0964. The van der Waals surface area contributed by atoms with E-state index in [0.29, 0.717) is 40.8 Å². The van der Waals surface area contributed by atoms with Crippen molar-refractivity contribution in [1.29, 1.82) is 0 Å². The molecule has 1 saturated heterocycles. The van der Waals surface area contributed by atoms with Crippen molar-refractivity contribution < 1.29 is 23.6 Å². The molecule has 10 nitrogen and oxygen atoms in total. The first-order chi connectivity index (χ1) is 18.7. The summed E-state index contributed by atoms with van der Waals surface area (Å²) in [6.07, 6.45) is 5.73. The first-order valence-corrected chi connectivity index (χ1v) is 13.4. The minimum Gasteiger partial charge on any atom is -0.449 e. The number of amides is 4. The van der Waals surface area contributed by atoms with Gasteiger partial charge in [0.2, 0.25) is 17.6 Å². The summed E-state index contributed by atoms with van der Waals surface area (Å²) in [5.41, 5.74) is 0.922. The zero-order valence-electron chi connectivity index (χ0n) is 21.8. The Labute approximate surface area is 230 Å². The molecule has 11 heteroatoms. The zero-order chi connectivity index (χ0) is 27.7. The predicted molar refractivity (Wildman–Crippen MR) is 147 cm³/mol. The van der Waals surface area contributed by atoms with Crippen LogP contribution >= 0.6 is 11.6 Å². The van der Waals surface area contributed by atoms with E-state index >= 15 is 0 Å². The Kier molecular flexibility index (Phi) is 7.56. The van der Waals surface area contributed by atoms with Crippen molar-refractivity contribution in [2.45, 2.75) is 44.6 Å². The Balaban J connectivity index is 1.39. The number of likely N-dealkylation sites (tertiary alicyclic amines) is 1. The van der Waals surface area contributed by atoms with Crippen LogP contribution in [0, 0.1) is 5.92 Å². The molecular weight excluding hydrogens is 522 g/mol. The number of benzene rings is 1. The number of fused-ring (bicyclic) bond motifs is 1. The molecule has 204 valence electrons. The number of nitrogens with one attached hydrogen (secondary N) is 2. The average Bonchev–Trinajstić information content (AvgIpc) is 3.52. The van der Waals surface area contributed by atoms with Crippen LogP contribution < -0.4 is 10.6 Å². The number of aromatic nitrogens is 1. The Bertz CT molecular complexity index is 1430. The fourth-order valence-corrected chi connectivity index (χ4v) is 5.44. The first kappa shape index (κ1) is 26.7. The highest BCUT2D eigenvalue weighted by molar-refractivity contribution is 6.30. The van der Waals surface area contributed by atoms with E-state index in [1.165, 1.54) is 11.1 Å². The summed E-state index contributed by atoms with van der Waals surface area (Å²) in [4.78, 5) is 58.8. The van der Waals surface area contributed by atoms with Crippen molar-refractivity contribution in [3.63, 3.8) is 0 Å².